The highest BCUT2D eigenvalue weighted by Gasteiger charge is 2.20. The molecule has 0 unspecified atom stereocenters. The van der Waals surface area contributed by atoms with Crippen LogP contribution in [0.15, 0.2) is 18.2 Å². The van der Waals surface area contributed by atoms with Crippen molar-refractivity contribution in [1.82, 2.24) is 0 Å². The quantitative estimate of drug-likeness (QED) is 0.734. The number of hydrogen-bond donors (Lipinski definition) is 0. The van der Waals surface area contributed by atoms with Crippen molar-refractivity contribution in [2.75, 3.05) is 18.0 Å². The summed E-state index contributed by atoms with van der Waals surface area (Å²) in [4.78, 5) is 2.57. The lowest BCUT2D eigenvalue weighted by molar-refractivity contribution is 0.562. The molecule has 1 aliphatic rings. The molecule has 0 N–H and O–H groups in total. The van der Waals surface area contributed by atoms with E-state index in [1.54, 1.807) is 5.56 Å². The largest absolute Gasteiger partial charge is 0.372 e. The van der Waals surface area contributed by atoms with Gasteiger partial charge in [0.25, 0.3) is 0 Å². The van der Waals surface area contributed by atoms with Gasteiger partial charge in [-0.25, -0.2) is 0 Å². The zero-order valence-electron chi connectivity index (χ0n) is 14.0. The van der Waals surface area contributed by atoms with Gasteiger partial charge in [0, 0.05) is 18.8 Å². The van der Waals surface area contributed by atoms with Crippen LogP contribution in [0.5, 0.6) is 0 Å². The molecule has 1 aliphatic heterocycles. The summed E-state index contributed by atoms with van der Waals surface area (Å²) in [5.74, 6) is 0.715. The lowest BCUT2D eigenvalue weighted by Crippen LogP contribution is -2.29. The monoisotopic (exact) mass is 273 g/mol. The smallest absolute Gasteiger partial charge is 0.0369 e. The highest BCUT2D eigenvalue weighted by atomic mass is 15.1. The van der Waals surface area contributed by atoms with E-state index in [4.69, 9.17) is 0 Å². The van der Waals surface area contributed by atoms with Crippen molar-refractivity contribution >= 4 is 5.69 Å². The number of anilines is 1. The summed E-state index contributed by atoms with van der Waals surface area (Å²) in [5, 5.41) is 0. The van der Waals surface area contributed by atoms with Gasteiger partial charge in [-0.3, -0.25) is 0 Å². The number of benzene rings is 1. The van der Waals surface area contributed by atoms with Crippen molar-refractivity contribution in [2.45, 2.75) is 65.7 Å². The third-order valence-corrected chi connectivity index (χ3v) is 4.25. The van der Waals surface area contributed by atoms with Gasteiger partial charge in [-0.1, -0.05) is 40.7 Å². The lowest BCUT2D eigenvalue weighted by Gasteiger charge is -2.31. The van der Waals surface area contributed by atoms with Crippen LogP contribution in [0.1, 0.15) is 65.0 Å². The second-order valence-corrected chi connectivity index (χ2v) is 7.74. The maximum absolute atomic E-state index is 2.57. The Labute approximate surface area is 125 Å². The molecule has 1 aromatic rings. The summed E-state index contributed by atoms with van der Waals surface area (Å²) in [6.07, 6.45) is 5.28. The summed E-state index contributed by atoms with van der Waals surface area (Å²) >= 11 is 0. The molecule has 0 atom stereocenters. The number of rotatable bonds is 3. The second kappa shape index (κ2) is 6.20. The maximum atomic E-state index is 2.57. The number of hydrogen-bond acceptors (Lipinski definition) is 1. The molecule has 0 bridgehead atoms. The van der Waals surface area contributed by atoms with E-state index in [1.165, 1.54) is 50.0 Å². The third kappa shape index (κ3) is 3.77. The van der Waals surface area contributed by atoms with Crippen LogP contribution >= 0.6 is 0 Å². The van der Waals surface area contributed by atoms with Crippen molar-refractivity contribution in [3.05, 3.63) is 29.3 Å². The van der Waals surface area contributed by atoms with Crippen molar-refractivity contribution in [1.29, 1.82) is 0 Å². The van der Waals surface area contributed by atoms with E-state index in [-0.39, 0.29) is 5.41 Å². The molecule has 0 aromatic heterocycles. The first-order chi connectivity index (χ1) is 9.38. The van der Waals surface area contributed by atoms with Gasteiger partial charge in [0.1, 0.15) is 0 Å². The molecular formula is C19H31N. The molecule has 1 heterocycles. The van der Waals surface area contributed by atoms with E-state index >= 15 is 0 Å². The fraction of sp³-hybridized carbons (Fsp3) is 0.684. The first-order valence-corrected chi connectivity index (χ1v) is 8.26. The maximum Gasteiger partial charge on any atom is 0.0369 e. The van der Waals surface area contributed by atoms with E-state index in [9.17, 15) is 0 Å². The van der Waals surface area contributed by atoms with Crippen molar-refractivity contribution < 1.29 is 0 Å². The minimum Gasteiger partial charge on any atom is -0.372 e. The summed E-state index contributed by atoms with van der Waals surface area (Å²) in [7, 11) is 0. The lowest BCUT2D eigenvalue weighted by atomic mass is 9.81. The van der Waals surface area contributed by atoms with E-state index in [0.29, 0.717) is 5.92 Å². The van der Waals surface area contributed by atoms with Crippen LogP contribution in [0.4, 0.5) is 5.69 Å². The molecule has 20 heavy (non-hydrogen) atoms. The van der Waals surface area contributed by atoms with Crippen LogP contribution < -0.4 is 4.90 Å². The molecule has 1 heteroatoms. The SMILES string of the molecule is CC(C)Cc1cc(N2CCCCC2)ccc1C(C)(C)C. The van der Waals surface area contributed by atoms with Gasteiger partial charge in [-0.2, -0.15) is 0 Å². The molecule has 112 valence electrons. The molecule has 0 amide bonds. The van der Waals surface area contributed by atoms with Gasteiger partial charge in [0.05, 0.1) is 0 Å². The van der Waals surface area contributed by atoms with Gasteiger partial charge in [0.15, 0.2) is 0 Å². The molecule has 0 radical (unpaired) electrons. The van der Waals surface area contributed by atoms with Crippen LogP contribution in [0, 0.1) is 5.92 Å². The highest BCUT2D eigenvalue weighted by Crippen LogP contribution is 2.31. The normalized spacial score (nSPS) is 16.8. The van der Waals surface area contributed by atoms with Crippen molar-refractivity contribution in [3.8, 4) is 0 Å². The molecule has 1 nitrogen and oxygen atoms in total. The molecule has 0 saturated carbocycles. The molecule has 0 aliphatic carbocycles. The second-order valence-electron chi connectivity index (χ2n) is 7.74. The zero-order valence-corrected chi connectivity index (χ0v) is 14.0. The summed E-state index contributed by atoms with van der Waals surface area (Å²) in [6.45, 7) is 14.1. The Morgan fingerprint density at radius 2 is 1.70 bits per heavy atom. The van der Waals surface area contributed by atoms with Gasteiger partial charge in [0.2, 0.25) is 0 Å². The molecule has 2 rings (SSSR count). The molecular weight excluding hydrogens is 242 g/mol. The van der Waals surface area contributed by atoms with E-state index in [2.05, 4.69) is 57.7 Å². The minimum absolute atomic E-state index is 0.241. The molecule has 0 spiro atoms. The summed E-state index contributed by atoms with van der Waals surface area (Å²) in [6, 6.07) is 7.18. The molecule has 1 fully saturated rings. The Morgan fingerprint density at radius 3 is 2.25 bits per heavy atom. The average molecular weight is 273 g/mol. The Bertz CT molecular complexity index is 434. The van der Waals surface area contributed by atoms with Crippen molar-refractivity contribution in [2.24, 2.45) is 5.92 Å². The number of nitrogens with zero attached hydrogens (tertiary/aromatic N) is 1. The predicted molar refractivity (Wildman–Crippen MR) is 89.7 cm³/mol. The zero-order chi connectivity index (χ0) is 14.8. The van der Waals surface area contributed by atoms with Crippen LogP contribution in [0.2, 0.25) is 0 Å². The predicted octanol–water partition coefficient (Wildman–Crippen LogP) is 5.17. The average Bonchev–Trinajstić information content (AvgIpc) is 2.37. The van der Waals surface area contributed by atoms with E-state index in [1.807, 2.05) is 0 Å². The van der Waals surface area contributed by atoms with Crippen molar-refractivity contribution in [3.63, 3.8) is 0 Å². The standard InChI is InChI=1S/C19H31N/c1-15(2)13-16-14-17(20-11-7-6-8-12-20)9-10-18(16)19(3,4)5/h9-10,14-15H,6-8,11-13H2,1-5H3. The molecule has 1 aromatic carbocycles. The van der Waals surface area contributed by atoms with Gasteiger partial charge in [-0.05, 0) is 60.3 Å². The summed E-state index contributed by atoms with van der Waals surface area (Å²) in [5.41, 5.74) is 4.75. The first kappa shape index (κ1) is 15.4. The minimum atomic E-state index is 0.241. The van der Waals surface area contributed by atoms with Crippen LogP contribution in [0.25, 0.3) is 0 Å². The fourth-order valence-corrected chi connectivity index (χ4v) is 3.27. The highest BCUT2D eigenvalue weighted by molar-refractivity contribution is 5.52. The Morgan fingerprint density at radius 1 is 1.05 bits per heavy atom. The topological polar surface area (TPSA) is 3.24 Å². The third-order valence-electron chi connectivity index (χ3n) is 4.25. The Kier molecular flexibility index (Phi) is 4.78. The van der Waals surface area contributed by atoms with Crippen LogP contribution in [0.3, 0.4) is 0 Å². The van der Waals surface area contributed by atoms with Gasteiger partial charge < -0.3 is 4.90 Å². The van der Waals surface area contributed by atoms with E-state index in [0.717, 1.165) is 0 Å². The number of piperidine rings is 1. The Hall–Kier alpha value is -0.980. The Balaban J connectivity index is 2.32. The van der Waals surface area contributed by atoms with E-state index < -0.39 is 0 Å². The fourth-order valence-electron chi connectivity index (χ4n) is 3.27. The van der Waals surface area contributed by atoms with Crippen LogP contribution in [-0.2, 0) is 11.8 Å². The van der Waals surface area contributed by atoms with Gasteiger partial charge in [-0.15, -0.1) is 0 Å². The summed E-state index contributed by atoms with van der Waals surface area (Å²) < 4.78 is 0. The first-order valence-electron chi connectivity index (χ1n) is 8.26. The van der Waals surface area contributed by atoms with Crippen LogP contribution in [-0.4, -0.2) is 13.1 Å². The molecule has 1 saturated heterocycles. The van der Waals surface area contributed by atoms with Gasteiger partial charge >= 0.3 is 0 Å².